The Hall–Kier alpha value is -1.51. The molecule has 3 heteroatoms. The Morgan fingerprint density at radius 3 is 2.94 bits per heavy atom. The van der Waals surface area contributed by atoms with E-state index in [2.05, 4.69) is 17.4 Å². The van der Waals surface area contributed by atoms with Crippen molar-refractivity contribution in [2.75, 3.05) is 13.7 Å². The lowest BCUT2D eigenvalue weighted by Gasteiger charge is -2.33. The Morgan fingerprint density at radius 1 is 1.35 bits per heavy atom. The van der Waals surface area contributed by atoms with Gasteiger partial charge in [0.25, 0.3) is 0 Å². The number of benzene rings is 1. The Kier molecular flexibility index (Phi) is 2.35. The van der Waals surface area contributed by atoms with E-state index >= 15 is 0 Å². The number of methoxy groups -OCH3 is 1. The number of carbonyl (C=O) groups is 1. The van der Waals surface area contributed by atoms with E-state index in [1.54, 1.807) is 7.11 Å². The van der Waals surface area contributed by atoms with Crippen molar-refractivity contribution in [2.24, 2.45) is 0 Å². The smallest absolute Gasteiger partial charge is 0.230 e. The summed E-state index contributed by atoms with van der Waals surface area (Å²) in [5.41, 5.74) is 2.23. The zero-order chi connectivity index (χ0) is 11.9. The summed E-state index contributed by atoms with van der Waals surface area (Å²) in [4.78, 5) is 12.2. The second-order valence-electron chi connectivity index (χ2n) is 4.96. The first kappa shape index (κ1) is 10.6. The number of aryl methyl sites for hydroxylation is 1. The fourth-order valence-corrected chi connectivity index (χ4v) is 3.23. The van der Waals surface area contributed by atoms with E-state index in [9.17, 15) is 4.79 Å². The normalized spacial score (nSPS) is 26.8. The minimum absolute atomic E-state index is 0.201. The highest BCUT2D eigenvalue weighted by Crippen LogP contribution is 2.43. The zero-order valence-electron chi connectivity index (χ0n) is 10.1. The molecule has 1 fully saturated rings. The van der Waals surface area contributed by atoms with Gasteiger partial charge in [-0.05, 0) is 48.9 Å². The Balaban J connectivity index is 2.14. The first-order valence-corrected chi connectivity index (χ1v) is 6.22. The topological polar surface area (TPSA) is 38.3 Å². The van der Waals surface area contributed by atoms with Gasteiger partial charge in [-0.2, -0.15) is 0 Å². The molecule has 3 rings (SSSR count). The van der Waals surface area contributed by atoms with Crippen LogP contribution < -0.4 is 10.1 Å². The summed E-state index contributed by atoms with van der Waals surface area (Å²) in [6.45, 7) is 0.801. The van der Waals surface area contributed by atoms with E-state index in [1.807, 2.05) is 6.07 Å². The minimum Gasteiger partial charge on any atom is -0.497 e. The molecule has 1 amide bonds. The van der Waals surface area contributed by atoms with Gasteiger partial charge >= 0.3 is 0 Å². The SMILES string of the molecule is COc1ccc2c(c1)C1(CCC2)CCNC1=O. The number of fused-ring (bicyclic) bond motifs is 2. The van der Waals surface area contributed by atoms with Crippen LogP contribution in [0.2, 0.25) is 0 Å². The van der Waals surface area contributed by atoms with Crippen LogP contribution >= 0.6 is 0 Å². The van der Waals surface area contributed by atoms with Crippen LogP contribution in [0, 0.1) is 0 Å². The van der Waals surface area contributed by atoms with Crippen LogP contribution in [0.1, 0.15) is 30.4 Å². The van der Waals surface area contributed by atoms with Crippen LogP contribution in [0.4, 0.5) is 0 Å². The number of hydrogen-bond acceptors (Lipinski definition) is 2. The highest BCUT2D eigenvalue weighted by atomic mass is 16.5. The second kappa shape index (κ2) is 3.76. The van der Waals surface area contributed by atoms with Crippen molar-refractivity contribution in [1.82, 2.24) is 5.32 Å². The van der Waals surface area contributed by atoms with E-state index in [4.69, 9.17) is 4.74 Å². The van der Waals surface area contributed by atoms with Crippen LogP contribution in [-0.4, -0.2) is 19.6 Å². The van der Waals surface area contributed by atoms with E-state index in [0.717, 1.165) is 38.0 Å². The summed E-state index contributed by atoms with van der Waals surface area (Å²) in [6, 6.07) is 6.16. The molecule has 1 N–H and O–H groups in total. The predicted molar refractivity (Wildman–Crippen MR) is 65.2 cm³/mol. The molecule has 1 aliphatic heterocycles. The number of rotatable bonds is 1. The third-order valence-corrected chi connectivity index (χ3v) is 4.15. The maximum absolute atomic E-state index is 12.2. The molecule has 1 saturated heterocycles. The summed E-state index contributed by atoms with van der Waals surface area (Å²) in [5.74, 6) is 1.05. The summed E-state index contributed by atoms with van der Waals surface area (Å²) in [6.07, 6.45) is 4.08. The molecule has 1 heterocycles. The van der Waals surface area contributed by atoms with Gasteiger partial charge in [-0.15, -0.1) is 0 Å². The molecule has 0 radical (unpaired) electrons. The van der Waals surface area contributed by atoms with Crippen LogP contribution in [0.3, 0.4) is 0 Å². The summed E-state index contributed by atoms with van der Waals surface area (Å²) in [5, 5.41) is 2.98. The second-order valence-corrected chi connectivity index (χ2v) is 4.96. The lowest BCUT2D eigenvalue weighted by molar-refractivity contribution is -0.124. The molecule has 1 aromatic carbocycles. The lowest BCUT2D eigenvalue weighted by Crippen LogP contribution is -2.38. The van der Waals surface area contributed by atoms with Gasteiger partial charge in [0.1, 0.15) is 5.75 Å². The number of carbonyl (C=O) groups excluding carboxylic acids is 1. The molecule has 1 atom stereocenters. The molecule has 90 valence electrons. The predicted octanol–water partition coefficient (Wildman–Crippen LogP) is 1.79. The Morgan fingerprint density at radius 2 is 2.24 bits per heavy atom. The van der Waals surface area contributed by atoms with Crippen molar-refractivity contribution in [3.05, 3.63) is 29.3 Å². The maximum atomic E-state index is 12.2. The molecule has 0 aromatic heterocycles. The molecule has 1 unspecified atom stereocenters. The lowest BCUT2D eigenvalue weighted by atomic mass is 9.69. The standard InChI is InChI=1S/C14H17NO2/c1-17-11-5-4-10-3-2-6-14(12(10)9-11)7-8-15-13(14)16/h4-5,9H,2-3,6-8H2,1H3,(H,15,16). The van der Waals surface area contributed by atoms with E-state index in [-0.39, 0.29) is 11.3 Å². The molecule has 2 aliphatic rings. The van der Waals surface area contributed by atoms with Gasteiger partial charge < -0.3 is 10.1 Å². The van der Waals surface area contributed by atoms with Gasteiger partial charge in [0.05, 0.1) is 12.5 Å². The van der Waals surface area contributed by atoms with Gasteiger partial charge in [-0.3, -0.25) is 4.79 Å². The van der Waals surface area contributed by atoms with E-state index < -0.39 is 0 Å². The van der Waals surface area contributed by atoms with Crippen molar-refractivity contribution in [1.29, 1.82) is 0 Å². The molecule has 1 aromatic rings. The van der Waals surface area contributed by atoms with Crippen LogP contribution in [0.5, 0.6) is 5.75 Å². The molecular formula is C14H17NO2. The highest BCUT2D eigenvalue weighted by molar-refractivity contribution is 5.91. The van der Waals surface area contributed by atoms with Crippen molar-refractivity contribution >= 4 is 5.91 Å². The third kappa shape index (κ3) is 1.45. The fraction of sp³-hybridized carbons (Fsp3) is 0.500. The minimum atomic E-state index is -0.276. The van der Waals surface area contributed by atoms with Gasteiger partial charge in [0.15, 0.2) is 0 Å². The van der Waals surface area contributed by atoms with Crippen LogP contribution in [0.15, 0.2) is 18.2 Å². The first-order chi connectivity index (χ1) is 8.26. The van der Waals surface area contributed by atoms with E-state index in [0.29, 0.717) is 0 Å². The summed E-state index contributed by atoms with van der Waals surface area (Å²) in [7, 11) is 1.67. The number of ether oxygens (including phenoxy) is 1. The summed E-state index contributed by atoms with van der Waals surface area (Å²) >= 11 is 0. The molecular weight excluding hydrogens is 214 g/mol. The Bertz CT molecular complexity index is 469. The number of amides is 1. The molecule has 3 nitrogen and oxygen atoms in total. The van der Waals surface area contributed by atoms with Crippen LogP contribution in [0.25, 0.3) is 0 Å². The molecule has 0 saturated carbocycles. The van der Waals surface area contributed by atoms with Crippen LogP contribution in [-0.2, 0) is 16.6 Å². The van der Waals surface area contributed by atoms with Crippen molar-refractivity contribution < 1.29 is 9.53 Å². The van der Waals surface area contributed by atoms with Gasteiger partial charge in [0, 0.05) is 6.54 Å². The number of nitrogens with one attached hydrogen (secondary N) is 1. The average molecular weight is 231 g/mol. The molecule has 1 spiro atoms. The van der Waals surface area contributed by atoms with Gasteiger partial charge in [-0.1, -0.05) is 6.07 Å². The Labute approximate surface area is 101 Å². The molecule has 17 heavy (non-hydrogen) atoms. The van der Waals surface area contributed by atoms with Crippen molar-refractivity contribution in [3.63, 3.8) is 0 Å². The molecule has 0 bridgehead atoms. The fourth-order valence-electron chi connectivity index (χ4n) is 3.23. The average Bonchev–Trinajstić information content (AvgIpc) is 2.72. The van der Waals surface area contributed by atoms with Crippen molar-refractivity contribution in [2.45, 2.75) is 31.1 Å². The first-order valence-electron chi connectivity index (χ1n) is 6.22. The number of hydrogen-bond donors (Lipinski definition) is 1. The monoisotopic (exact) mass is 231 g/mol. The van der Waals surface area contributed by atoms with Gasteiger partial charge in [-0.25, -0.2) is 0 Å². The highest BCUT2D eigenvalue weighted by Gasteiger charge is 2.46. The quantitative estimate of drug-likeness (QED) is 0.800. The van der Waals surface area contributed by atoms with Gasteiger partial charge in [0.2, 0.25) is 5.91 Å². The largest absolute Gasteiger partial charge is 0.497 e. The van der Waals surface area contributed by atoms with E-state index in [1.165, 1.54) is 11.1 Å². The van der Waals surface area contributed by atoms with Crippen molar-refractivity contribution in [3.8, 4) is 5.75 Å². The third-order valence-electron chi connectivity index (χ3n) is 4.15. The summed E-state index contributed by atoms with van der Waals surface area (Å²) < 4.78 is 5.29. The molecule has 1 aliphatic carbocycles. The zero-order valence-corrected chi connectivity index (χ0v) is 10.1. The maximum Gasteiger partial charge on any atom is 0.230 e.